The highest BCUT2D eigenvalue weighted by Crippen LogP contribution is 2.40. The third-order valence-electron chi connectivity index (χ3n) is 3.78. The van der Waals surface area contributed by atoms with Gasteiger partial charge in [-0.15, -0.1) is 0 Å². The number of ether oxygens (including phenoxy) is 1. The Morgan fingerprint density at radius 2 is 1.81 bits per heavy atom. The van der Waals surface area contributed by atoms with Gasteiger partial charge in [-0.3, -0.25) is 0 Å². The second-order valence-electron chi connectivity index (χ2n) is 4.75. The molecule has 1 aromatic rings. The smallest absolute Gasteiger partial charge is 0.118 e. The van der Waals surface area contributed by atoms with Gasteiger partial charge >= 0.3 is 0 Å². The van der Waals surface area contributed by atoms with E-state index in [0.717, 1.165) is 12.3 Å². The lowest BCUT2D eigenvalue weighted by Crippen LogP contribution is -2.34. The lowest BCUT2D eigenvalue weighted by atomic mass is 9.79. The van der Waals surface area contributed by atoms with Crippen LogP contribution in [0.25, 0.3) is 0 Å². The molecule has 88 valence electrons. The zero-order valence-corrected chi connectivity index (χ0v) is 10.3. The molecule has 1 aliphatic carbocycles. The molecule has 1 saturated carbocycles. The van der Waals surface area contributed by atoms with Crippen LogP contribution in [-0.2, 0) is 5.41 Å². The lowest BCUT2D eigenvalue weighted by molar-refractivity contribution is 0.408. The maximum absolute atomic E-state index is 5.21. The number of hydrogen-bond acceptors (Lipinski definition) is 2. The SMILES string of the molecule is CNCC1(c2ccc(OC)cc2)CCCC1. The largest absolute Gasteiger partial charge is 0.497 e. The van der Waals surface area contributed by atoms with Gasteiger partial charge in [-0.25, -0.2) is 0 Å². The number of rotatable bonds is 4. The van der Waals surface area contributed by atoms with Crippen molar-refractivity contribution in [2.75, 3.05) is 20.7 Å². The predicted octanol–water partition coefficient (Wildman–Crippen LogP) is 2.73. The van der Waals surface area contributed by atoms with Gasteiger partial charge in [0.2, 0.25) is 0 Å². The third kappa shape index (κ3) is 2.07. The van der Waals surface area contributed by atoms with E-state index in [4.69, 9.17) is 4.74 Å². The second-order valence-corrected chi connectivity index (χ2v) is 4.75. The van der Waals surface area contributed by atoms with Crippen LogP contribution < -0.4 is 10.1 Å². The molecule has 0 heterocycles. The molecule has 1 fully saturated rings. The Balaban J connectivity index is 2.24. The molecular formula is C14H21NO. The number of benzene rings is 1. The van der Waals surface area contributed by atoms with Crippen molar-refractivity contribution in [3.8, 4) is 5.75 Å². The first-order valence-corrected chi connectivity index (χ1v) is 6.10. The van der Waals surface area contributed by atoms with Gasteiger partial charge in [0, 0.05) is 12.0 Å². The van der Waals surface area contributed by atoms with Crippen LogP contribution in [0.3, 0.4) is 0 Å². The summed E-state index contributed by atoms with van der Waals surface area (Å²) >= 11 is 0. The van der Waals surface area contributed by atoms with E-state index in [2.05, 4.69) is 29.6 Å². The molecule has 0 radical (unpaired) electrons. The molecule has 0 saturated heterocycles. The van der Waals surface area contributed by atoms with Crippen LogP contribution in [0.2, 0.25) is 0 Å². The van der Waals surface area contributed by atoms with Crippen LogP contribution in [-0.4, -0.2) is 20.7 Å². The van der Waals surface area contributed by atoms with E-state index in [1.807, 2.05) is 7.05 Å². The van der Waals surface area contributed by atoms with Crippen LogP contribution in [0, 0.1) is 0 Å². The Labute approximate surface area is 98.0 Å². The average Bonchev–Trinajstić information content (AvgIpc) is 2.80. The van der Waals surface area contributed by atoms with E-state index in [9.17, 15) is 0 Å². The van der Waals surface area contributed by atoms with Gasteiger partial charge in [-0.05, 0) is 37.6 Å². The molecule has 0 aromatic heterocycles. The van der Waals surface area contributed by atoms with Crippen molar-refractivity contribution in [1.82, 2.24) is 5.32 Å². The van der Waals surface area contributed by atoms with Crippen molar-refractivity contribution < 1.29 is 4.74 Å². The molecule has 16 heavy (non-hydrogen) atoms. The van der Waals surface area contributed by atoms with E-state index in [0.29, 0.717) is 5.41 Å². The van der Waals surface area contributed by atoms with Crippen molar-refractivity contribution in [2.24, 2.45) is 0 Å². The van der Waals surface area contributed by atoms with E-state index in [-0.39, 0.29) is 0 Å². The number of likely N-dealkylation sites (N-methyl/N-ethyl adjacent to an activating group) is 1. The molecule has 0 amide bonds. The standard InChI is InChI=1S/C14H21NO/c1-15-11-14(9-3-4-10-14)12-5-7-13(16-2)8-6-12/h5-8,15H,3-4,9-11H2,1-2H3. The van der Waals surface area contributed by atoms with Crippen LogP contribution in [0.1, 0.15) is 31.2 Å². The summed E-state index contributed by atoms with van der Waals surface area (Å²) in [6.45, 7) is 1.08. The van der Waals surface area contributed by atoms with Crippen LogP contribution >= 0.6 is 0 Å². The van der Waals surface area contributed by atoms with Gasteiger partial charge in [0.25, 0.3) is 0 Å². The van der Waals surface area contributed by atoms with Gasteiger partial charge in [-0.2, -0.15) is 0 Å². The highest BCUT2D eigenvalue weighted by atomic mass is 16.5. The van der Waals surface area contributed by atoms with Crippen molar-refractivity contribution in [2.45, 2.75) is 31.1 Å². The number of methoxy groups -OCH3 is 1. The monoisotopic (exact) mass is 219 g/mol. The minimum Gasteiger partial charge on any atom is -0.497 e. The van der Waals surface area contributed by atoms with Crippen LogP contribution in [0.15, 0.2) is 24.3 Å². The summed E-state index contributed by atoms with van der Waals surface area (Å²) in [6, 6.07) is 8.60. The summed E-state index contributed by atoms with van der Waals surface area (Å²) in [4.78, 5) is 0. The van der Waals surface area contributed by atoms with Crippen LogP contribution in [0.5, 0.6) is 5.75 Å². The normalized spacial score (nSPS) is 18.6. The molecular weight excluding hydrogens is 198 g/mol. The molecule has 2 nitrogen and oxygen atoms in total. The molecule has 0 bridgehead atoms. The van der Waals surface area contributed by atoms with Gasteiger partial charge in [0.15, 0.2) is 0 Å². The van der Waals surface area contributed by atoms with Crippen molar-refractivity contribution >= 4 is 0 Å². The Hall–Kier alpha value is -1.02. The fraction of sp³-hybridized carbons (Fsp3) is 0.571. The highest BCUT2D eigenvalue weighted by Gasteiger charge is 2.34. The molecule has 2 rings (SSSR count). The molecule has 0 spiro atoms. The fourth-order valence-electron chi connectivity index (χ4n) is 2.90. The minimum atomic E-state index is 0.362. The molecule has 0 atom stereocenters. The minimum absolute atomic E-state index is 0.362. The predicted molar refractivity (Wildman–Crippen MR) is 67.1 cm³/mol. The summed E-state index contributed by atoms with van der Waals surface area (Å²) < 4.78 is 5.21. The van der Waals surface area contributed by atoms with E-state index < -0.39 is 0 Å². The maximum Gasteiger partial charge on any atom is 0.118 e. The molecule has 1 aromatic carbocycles. The molecule has 0 aliphatic heterocycles. The van der Waals surface area contributed by atoms with Gasteiger partial charge < -0.3 is 10.1 Å². The Kier molecular flexibility index (Phi) is 3.49. The van der Waals surface area contributed by atoms with Crippen molar-refractivity contribution in [1.29, 1.82) is 0 Å². The zero-order valence-electron chi connectivity index (χ0n) is 10.3. The fourth-order valence-corrected chi connectivity index (χ4v) is 2.90. The van der Waals surface area contributed by atoms with Crippen LogP contribution in [0.4, 0.5) is 0 Å². The first-order chi connectivity index (χ1) is 7.80. The van der Waals surface area contributed by atoms with Crippen molar-refractivity contribution in [3.05, 3.63) is 29.8 Å². The van der Waals surface area contributed by atoms with Gasteiger partial charge in [-0.1, -0.05) is 25.0 Å². The van der Waals surface area contributed by atoms with E-state index in [1.165, 1.54) is 31.2 Å². The summed E-state index contributed by atoms with van der Waals surface area (Å²) in [5.41, 5.74) is 1.82. The summed E-state index contributed by atoms with van der Waals surface area (Å²) in [5, 5.41) is 3.35. The van der Waals surface area contributed by atoms with Crippen molar-refractivity contribution in [3.63, 3.8) is 0 Å². The van der Waals surface area contributed by atoms with Gasteiger partial charge in [0.1, 0.15) is 5.75 Å². The van der Waals surface area contributed by atoms with Gasteiger partial charge in [0.05, 0.1) is 7.11 Å². The summed E-state index contributed by atoms with van der Waals surface area (Å²) in [6.07, 6.45) is 5.32. The molecule has 1 N–H and O–H groups in total. The molecule has 1 aliphatic rings. The highest BCUT2D eigenvalue weighted by molar-refractivity contribution is 5.33. The molecule has 2 heteroatoms. The summed E-state index contributed by atoms with van der Waals surface area (Å²) in [7, 11) is 3.76. The third-order valence-corrected chi connectivity index (χ3v) is 3.78. The van der Waals surface area contributed by atoms with E-state index in [1.54, 1.807) is 7.11 Å². The maximum atomic E-state index is 5.21. The lowest BCUT2D eigenvalue weighted by Gasteiger charge is -2.29. The average molecular weight is 219 g/mol. The van der Waals surface area contributed by atoms with E-state index >= 15 is 0 Å². The number of hydrogen-bond donors (Lipinski definition) is 1. The first-order valence-electron chi connectivity index (χ1n) is 6.10. The topological polar surface area (TPSA) is 21.3 Å². The zero-order chi connectivity index (χ0) is 11.4. The quantitative estimate of drug-likeness (QED) is 0.840. The Bertz CT molecular complexity index is 325. The Morgan fingerprint density at radius 1 is 1.19 bits per heavy atom. The molecule has 0 unspecified atom stereocenters. The summed E-state index contributed by atoms with van der Waals surface area (Å²) in [5.74, 6) is 0.946. The number of nitrogens with one attached hydrogen (secondary N) is 1. The second kappa shape index (κ2) is 4.88. The first kappa shape index (κ1) is 11.5. The Morgan fingerprint density at radius 3 is 2.31 bits per heavy atom.